The van der Waals surface area contributed by atoms with Crippen molar-refractivity contribution in [2.75, 3.05) is 5.32 Å². The molecule has 1 saturated heterocycles. The molecule has 4 heterocycles. The molecule has 0 aromatic heterocycles. The van der Waals surface area contributed by atoms with E-state index in [1.165, 1.54) is 5.56 Å². The lowest BCUT2D eigenvalue weighted by atomic mass is 10.1. The normalized spacial score (nSPS) is 23.8. The number of nitrogens with one attached hydrogen (secondary N) is 1. The summed E-state index contributed by atoms with van der Waals surface area (Å²) >= 11 is 0. The van der Waals surface area contributed by atoms with E-state index in [-0.39, 0.29) is 23.9 Å². The van der Waals surface area contributed by atoms with Crippen LogP contribution < -0.4 is 11.0 Å². The van der Waals surface area contributed by atoms with Crippen molar-refractivity contribution >= 4 is 5.82 Å². The molecular formula is C22H27N5O3. The van der Waals surface area contributed by atoms with Gasteiger partial charge in [-0.1, -0.05) is 37.3 Å². The molecule has 8 nitrogen and oxygen atoms in total. The highest BCUT2D eigenvalue weighted by Gasteiger charge is 2.37. The van der Waals surface area contributed by atoms with Gasteiger partial charge < -0.3 is 14.8 Å². The van der Waals surface area contributed by atoms with Gasteiger partial charge in [0.1, 0.15) is 11.5 Å². The van der Waals surface area contributed by atoms with E-state index >= 15 is 0 Å². The molecule has 0 aliphatic carbocycles. The molecule has 0 spiro atoms. The van der Waals surface area contributed by atoms with Crippen LogP contribution in [0.3, 0.4) is 0 Å². The Hall–Kier alpha value is -2.71. The number of rotatable bonds is 5. The number of fused-ring (bicyclic) bond motifs is 3. The fourth-order valence-corrected chi connectivity index (χ4v) is 4.24. The van der Waals surface area contributed by atoms with E-state index in [0.29, 0.717) is 30.4 Å². The molecule has 4 aliphatic rings. The van der Waals surface area contributed by atoms with Crippen LogP contribution in [0.15, 0.2) is 35.1 Å². The van der Waals surface area contributed by atoms with Gasteiger partial charge in [0.05, 0.1) is 12.2 Å². The summed E-state index contributed by atoms with van der Waals surface area (Å²) in [5.74, 6) is 1.81. The first-order valence-electron chi connectivity index (χ1n) is 10.7. The standard InChI is InChI=1S/C22H27N5O3/c1-4-10-26-20-17(24-18(25-20)21-29-13(2)14(3)30-21)19-23-16(12-27(19)22(26)28)11-15-8-6-5-7-9-15/h5-9,13-14,16,21,23H,4,10-12H2,1-3H3/t13-,14-,16-/m1/s1. The Bertz CT molecular complexity index is 1070. The fourth-order valence-electron chi connectivity index (χ4n) is 4.24. The van der Waals surface area contributed by atoms with Crippen LogP contribution in [-0.4, -0.2) is 37.4 Å². The summed E-state index contributed by atoms with van der Waals surface area (Å²) in [4.78, 5) is 22.7. The van der Waals surface area contributed by atoms with Crippen molar-refractivity contribution in [2.24, 2.45) is 0 Å². The van der Waals surface area contributed by atoms with Crippen molar-refractivity contribution < 1.29 is 9.47 Å². The van der Waals surface area contributed by atoms with Crippen LogP contribution in [0.1, 0.15) is 44.9 Å². The zero-order chi connectivity index (χ0) is 20.8. The maximum atomic E-state index is 13.3. The van der Waals surface area contributed by atoms with Gasteiger partial charge >= 0.3 is 5.69 Å². The third-order valence-electron chi connectivity index (χ3n) is 5.93. The molecule has 4 aliphatic heterocycles. The van der Waals surface area contributed by atoms with Gasteiger partial charge in [-0.05, 0) is 32.3 Å². The third-order valence-corrected chi connectivity index (χ3v) is 5.93. The molecule has 8 heteroatoms. The van der Waals surface area contributed by atoms with Gasteiger partial charge in [0.2, 0.25) is 6.29 Å². The van der Waals surface area contributed by atoms with E-state index < -0.39 is 6.29 Å². The minimum absolute atomic E-state index is 0.0251. The molecule has 1 N–H and O–H groups in total. The van der Waals surface area contributed by atoms with Crippen molar-refractivity contribution in [3.05, 3.63) is 52.2 Å². The van der Waals surface area contributed by atoms with Crippen LogP contribution in [0, 0.1) is 0 Å². The molecule has 0 radical (unpaired) electrons. The van der Waals surface area contributed by atoms with Gasteiger partial charge in [-0.15, -0.1) is 0 Å². The number of nitrogens with zero attached hydrogens (tertiary/aromatic N) is 4. The predicted octanol–water partition coefficient (Wildman–Crippen LogP) is 2.81. The second kappa shape index (κ2) is 7.52. The predicted molar refractivity (Wildman–Crippen MR) is 113 cm³/mol. The number of ether oxygens (including phenoxy) is 2. The maximum Gasteiger partial charge on any atom is 0.331 e. The van der Waals surface area contributed by atoms with Crippen molar-refractivity contribution in [1.29, 1.82) is 0 Å². The van der Waals surface area contributed by atoms with E-state index in [1.807, 2.05) is 32.0 Å². The molecule has 3 atom stereocenters. The zero-order valence-electron chi connectivity index (χ0n) is 17.5. The number of benzene rings is 1. The smallest absolute Gasteiger partial charge is 0.331 e. The highest BCUT2D eigenvalue weighted by Crippen LogP contribution is 2.36. The molecule has 0 saturated carbocycles. The summed E-state index contributed by atoms with van der Waals surface area (Å²) in [5.41, 5.74) is 1.88. The minimum Gasteiger partial charge on any atom is -0.365 e. The Kier molecular flexibility index (Phi) is 4.83. The molecule has 0 amide bonds. The van der Waals surface area contributed by atoms with Gasteiger partial charge in [-0.3, -0.25) is 9.13 Å². The van der Waals surface area contributed by atoms with Crippen molar-refractivity contribution in [2.45, 2.75) is 71.2 Å². The van der Waals surface area contributed by atoms with E-state index in [4.69, 9.17) is 14.5 Å². The number of anilines is 1. The van der Waals surface area contributed by atoms with Crippen LogP contribution in [0.5, 0.6) is 0 Å². The Morgan fingerprint density at radius 1 is 1.13 bits per heavy atom. The Morgan fingerprint density at radius 2 is 1.87 bits per heavy atom. The van der Waals surface area contributed by atoms with Gasteiger partial charge in [-0.2, -0.15) is 0 Å². The Balaban J connectivity index is 1.53. The van der Waals surface area contributed by atoms with Crippen LogP contribution in [0.4, 0.5) is 5.82 Å². The summed E-state index contributed by atoms with van der Waals surface area (Å²) in [6, 6.07) is 10.4. The van der Waals surface area contributed by atoms with Crippen molar-refractivity contribution in [3.8, 4) is 11.5 Å². The lowest BCUT2D eigenvalue weighted by Gasteiger charge is -2.13. The number of aromatic nitrogens is 4. The largest absolute Gasteiger partial charge is 0.365 e. The van der Waals surface area contributed by atoms with Crippen LogP contribution >= 0.6 is 0 Å². The average molecular weight is 409 g/mol. The zero-order valence-corrected chi connectivity index (χ0v) is 17.5. The summed E-state index contributed by atoms with van der Waals surface area (Å²) in [6.07, 6.45) is 1.02. The third kappa shape index (κ3) is 3.20. The van der Waals surface area contributed by atoms with Crippen LogP contribution in [-0.2, 0) is 29.0 Å². The summed E-state index contributed by atoms with van der Waals surface area (Å²) in [6.45, 7) is 7.20. The molecule has 5 rings (SSSR count). The van der Waals surface area contributed by atoms with Crippen LogP contribution in [0.25, 0.3) is 11.5 Å². The molecular weight excluding hydrogens is 382 g/mol. The van der Waals surface area contributed by atoms with E-state index in [0.717, 1.165) is 18.7 Å². The lowest BCUT2D eigenvalue weighted by Crippen LogP contribution is -2.32. The topological polar surface area (TPSA) is 83.2 Å². The quantitative estimate of drug-likeness (QED) is 0.698. The highest BCUT2D eigenvalue weighted by atomic mass is 16.7. The van der Waals surface area contributed by atoms with E-state index in [9.17, 15) is 4.79 Å². The molecule has 0 unspecified atom stereocenters. The monoisotopic (exact) mass is 409 g/mol. The SMILES string of the molecule is CCCn1c2nc(C3O[C@H](C)[C@@H](C)O3)nc-2c2n(c1=O)C[C@@H](Cc1ccccc1)N2. The maximum absolute atomic E-state index is 13.3. The first kappa shape index (κ1) is 19.3. The van der Waals surface area contributed by atoms with Crippen LogP contribution in [0.2, 0.25) is 0 Å². The van der Waals surface area contributed by atoms with E-state index in [1.54, 1.807) is 9.13 Å². The Labute approximate surface area is 175 Å². The number of hydrogen-bond acceptors (Lipinski definition) is 6. The first-order valence-corrected chi connectivity index (χ1v) is 10.7. The summed E-state index contributed by atoms with van der Waals surface area (Å²) in [5, 5.41) is 3.52. The lowest BCUT2D eigenvalue weighted by molar-refractivity contribution is -0.0707. The molecule has 158 valence electrons. The molecule has 1 aromatic rings. The average Bonchev–Trinajstić information content (AvgIpc) is 3.43. The summed E-state index contributed by atoms with van der Waals surface area (Å²) < 4.78 is 15.3. The summed E-state index contributed by atoms with van der Waals surface area (Å²) in [7, 11) is 0. The first-order chi connectivity index (χ1) is 14.5. The number of imidazole rings is 1. The molecule has 1 aromatic carbocycles. The fraction of sp³-hybridized carbons (Fsp3) is 0.500. The van der Waals surface area contributed by atoms with Gasteiger partial charge in [0, 0.05) is 19.1 Å². The molecule has 1 fully saturated rings. The molecule has 0 bridgehead atoms. The Morgan fingerprint density at radius 3 is 2.57 bits per heavy atom. The highest BCUT2D eigenvalue weighted by molar-refractivity contribution is 5.70. The van der Waals surface area contributed by atoms with Gasteiger partial charge in [0.25, 0.3) is 0 Å². The number of hydrogen-bond donors (Lipinski definition) is 1. The minimum atomic E-state index is -0.602. The van der Waals surface area contributed by atoms with Gasteiger partial charge in [-0.25, -0.2) is 14.8 Å². The van der Waals surface area contributed by atoms with Gasteiger partial charge in [0.15, 0.2) is 11.6 Å². The second-order valence-corrected chi connectivity index (χ2v) is 8.19. The van der Waals surface area contributed by atoms with E-state index in [2.05, 4.69) is 29.4 Å². The molecule has 30 heavy (non-hydrogen) atoms. The van der Waals surface area contributed by atoms with Crippen molar-refractivity contribution in [3.63, 3.8) is 0 Å². The van der Waals surface area contributed by atoms with Crippen molar-refractivity contribution in [1.82, 2.24) is 19.1 Å². The second-order valence-electron chi connectivity index (χ2n) is 8.19.